The Hall–Kier alpha value is -4.65. The van der Waals surface area contributed by atoms with Gasteiger partial charge in [-0.3, -0.25) is 18.8 Å². The van der Waals surface area contributed by atoms with Crippen LogP contribution in [0, 0.1) is 17.1 Å². The fourth-order valence-electron chi connectivity index (χ4n) is 4.00. The second-order valence-corrected chi connectivity index (χ2v) is 7.95. The van der Waals surface area contributed by atoms with Crippen LogP contribution in [0.2, 0.25) is 0 Å². The molecule has 0 unspecified atom stereocenters. The molecule has 0 atom stereocenters. The predicted octanol–water partition coefficient (Wildman–Crippen LogP) is 3.49. The Kier molecular flexibility index (Phi) is 8.07. The number of nitrogens with one attached hydrogen (secondary N) is 1. The smallest absolute Gasteiger partial charge is 0.266 e. The third-order valence-corrected chi connectivity index (χ3v) is 5.58. The SMILES string of the molecule is CCCNc1c(C(N)=O)c(N)nn1C.CCc1c(C#N)c2cccc(F)c2c(=O)n1-c1ccccc1. The van der Waals surface area contributed by atoms with E-state index in [2.05, 4.69) is 16.5 Å². The molecule has 0 bridgehead atoms. The molecule has 0 fully saturated rings. The number of hydrogen-bond donors (Lipinski definition) is 3. The first-order valence-electron chi connectivity index (χ1n) is 11.4. The van der Waals surface area contributed by atoms with Gasteiger partial charge in [0.25, 0.3) is 11.5 Å². The van der Waals surface area contributed by atoms with E-state index in [0.717, 1.165) is 13.0 Å². The molecular formula is C26H28FN7O2. The summed E-state index contributed by atoms with van der Waals surface area (Å²) < 4.78 is 17.1. The molecule has 10 heteroatoms. The molecule has 186 valence electrons. The molecule has 5 N–H and O–H groups in total. The monoisotopic (exact) mass is 489 g/mol. The lowest BCUT2D eigenvalue weighted by atomic mass is 10.0. The molecule has 0 spiro atoms. The van der Waals surface area contributed by atoms with Crippen LogP contribution in [0.15, 0.2) is 53.3 Å². The Balaban J connectivity index is 0.000000223. The minimum atomic E-state index is -0.605. The van der Waals surface area contributed by atoms with Crippen molar-refractivity contribution in [2.45, 2.75) is 26.7 Å². The van der Waals surface area contributed by atoms with Crippen molar-refractivity contribution >= 4 is 28.3 Å². The Morgan fingerprint density at radius 3 is 2.44 bits per heavy atom. The lowest BCUT2D eigenvalue weighted by molar-refractivity contribution is 0.100. The molecule has 0 aliphatic rings. The van der Waals surface area contributed by atoms with E-state index in [4.69, 9.17) is 11.5 Å². The molecule has 2 aromatic heterocycles. The number of nitrogens with zero attached hydrogens (tertiary/aromatic N) is 4. The largest absolute Gasteiger partial charge is 0.381 e. The fraction of sp³-hybridized carbons (Fsp3) is 0.231. The Bertz CT molecular complexity index is 1500. The van der Waals surface area contributed by atoms with E-state index in [-0.39, 0.29) is 16.8 Å². The number of carbonyl (C=O) groups excluding carboxylic acids is 1. The van der Waals surface area contributed by atoms with Crippen LogP contribution in [0.3, 0.4) is 0 Å². The first kappa shape index (κ1) is 26.0. The maximum atomic E-state index is 14.2. The van der Waals surface area contributed by atoms with Gasteiger partial charge >= 0.3 is 0 Å². The molecule has 2 aromatic carbocycles. The van der Waals surface area contributed by atoms with Gasteiger partial charge in [-0.05, 0) is 31.0 Å². The average molecular weight is 490 g/mol. The van der Waals surface area contributed by atoms with Gasteiger partial charge in [-0.2, -0.15) is 10.4 Å². The summed E-state index contributed by atoms with van der Waals surface area (Å²) in [5, 5.41) is 16.8. The molecule has 1 amide bonds. The van der Waals surface area contributed by atoms with Gasteiger partial charge in [-0.1, -0.05) is 44.2 Å². The number of benzene rings is 2. The summed E-state index contributed by atoms with van der Waals surface area (Å²) in [5.74, 6) is -0.420. The van der Waals surface area contributed by atoms with E-state index in [0.29, 0.717) is 34.6 Å². The number of amides is 1. The minimum absolute atomic E-state index is 0.0416. The molecule has 2 heterocycles. The zero-order valence-corrected chi connectivity index (χ0v) is 20.4. The third-order valence-electron chi connectivity index (χ3n) is 5.58. The van der Waals surface area contributed by atoms with Gasteiger partial charge in [0.1, 0.15) is 23.3 Å². The van der Waals surface area contributed by atoms with Crippen LogP contribution in [0.25, 0.3) is 16.5 Å². The molecule has 4 rings (SSSR count). The van der Waals surface area contributed by atoms with Gasteiger partial charge in [0, 0.05) is 30.4 Å². The molecular weight excluding hydrogens is 461 g/mol. The minimum Gasteiger partial charge on any atom is -0.381 e. The van der Waals surface area contributed by atoms with E-state index in [1.54, 1.807) is 37.4 Å². The molecule has 0 aliphatic carbocycles. The highest BCUT2D eigenvalue weighted by Crippen LogP contribution is 2.24. The summed E-state index contributed by atoms with van der Waals surface area (Å²) in [4.78, 5) is 23.9. The van der Waals surface area contributed by atoms with Gasteiger partial charge in [0.05, 0.1) is 10.9 Å². The summed E-state index contributed by atoms with van der Waals surface area (Å²) >= 11 is 0. The number of aryl methyl sites for hydroxylation is 1. The van der Waals surface area contributed by atoms with Gasteiger partial charge < -0.3 is 16.8 Å². The van der Waals surface area contributed by atoms with Crippen molar-refractivity contribution in [2.24, 2.45) is 12.8 Å². The number of rotatable bonds is 6. The van der Waals surface area contributed by atoms with Crippen LogP contribution in [-0.4, -0.2) is 26.8 Å². The van der Waals surface area contributed by atoms with Crippen LogP contribution in [-0.2, 0) is 13.5 Å². The summed E-state index contributed by atoms with van der Waals surface area (Å²) in [5.41, 5.74) is 12.1. The van der Waals surface area contributed by atoms with E-state index in [1.807, 2.05) is 19.9 Å². The number of aromatic nitrogens is 3. The zero-order valence-electron chi connectivity index (χ0n) is 20.4. The van der Waals surface area contributed by atoms with Crippen molar-refractivity contribution in [1.82, 2.24) is 14.3 Å². The van der Waals surface area contributed by atoms with Crippen molar-refractivity contribution in [3.05, 3.63) is 81.5 Å². The molecule has 0 saturated heterocycles. The number of pyridine rings is 1. The lowest BCUT2D eigenvalue weighted by Gasteiger charge is -2.15. The highest BCUT2D eigenvalue weighted by atomic mass is 19.1. The molecule has 0 saturated carbocycles. The Morgan fingerprint density at radius 1 is 1.17 bits per heavy atom. The second-order valence-electron chi connectivity index (χ2n) is 7.95. The summed E-state index contributed by atoms with van der Waals surface area (Å²) in [7, 11) is 1.71. The third kappa shape index (κ3) is 4.90. The van der Waals surface area contributed by atoms with Crippen LogP contribution >= 0.6 is 0 Å². The number of anilines is 2. The Labute approximate surface area is 207 Å². The van der Waals surface area contributed by atoms with Crippen LogP contribution in [0.5, 0.6) is 0 Å². The van der Waals surface area contributed by atoms with Gasteiger partial charge in [-0.25, -0.2) is 4.39 Å². The maximum absolute atomic E-state index is 14.2. The van der Waals surface area contributed by atoms with E-state index < -0.39 is 17.3 Å². The van der Waals surface area contributed by atoms with Crippen molar-refractivity contribution < 1.29 is 9.18 Å². The van der Waals surface area contributed by atoms with Gasteiger partial charge in [0.2, 0.25) is 0 Å². The van der Waals surface area contributed by atoms with Crippen LogP contribution < -0.4 is 22.3 Å². The average Bonchev–Trinajstić information content (AvgIpc) is 3.15. The maximum Gasteiger partial charge on any atom is 0.266 e. The first-order valence-corrected chi connectivity index (χ1v) is 11.4. The fourth-order valence-corrected chi connectivity index (χ4v) is 4.00. The number of para-hydroxylation sites is 1. The molecule has 0 aliphatic heterocycles. The second kappa shape index (κ2) is 11.2. The topological polar surface area (TPSA) is 145 Å². The molecule has 36 heavy (non-hydrogen) atoms. The molecule has 4 aromatic rings. The number of hydrogen-bond acceptors (Lipinski definition) is 6. The van der Waals surface area contributed by atoms with Crippen molar-refractivity contribution in [1.29, 1.82) is 5.26 Å². The standard InChI is InChI=1S/C18H13FN2O.C8H15N5O/c1-2-16-14(11-20)13-9-6-10-15(19)17(13)18(22)21(16)12-7-4-3-5-8-12;1-3-4-11-8-5(7(10)14)6(9)12-13(8)2/h3-10H,2H2,1H3;11H,3-4H2,1-2H3,(H2,9,12)(H2,10,14). The number of halogens is 1. The highest BCUT2D eigenvalue weighted by Gasteiger charge is 2.19. The zero-order chi connectivity index (χ0) is 26.4. The number of fused-ring (bicyclic) bond motifs is 1. The first-order chi connectivity index (χ1) is 17.3. The molecule has 0 radical (unpaired) electrons. The summed E-state index contributed by atoms with van der Waals surface area (Å²) in [6.07, 6.45) is 1.45. The van der Waals surface area contributed by atoms with Crippen LogP contribution in [0.1, 0.15) is 41.9 Å². The highest BCUT2D eigenvalue weighted by molar-refractivity contribution is 6.02. The van der Waals surface area contributed by atoms with E-state index >= 15 is 0 Å². The number of nitrogens with two attached hydrogens (primary N) is 2. The number of nitriles is 1. The summed E-state index contributed by atoms with van der Waals surface area (Å²) in [6.45, 7) is 4.65. The van der Waals surface area contributed by atoms with Crippen LogP contribution in [0.4, 0.5) is 16.0 Å². The van der Waals surface area contributed by atoms with Gasteiger partial charge in [0.15, 0.2) is 5.82 Å². The van der Waals surface area contributed by atoms with Gasteiger partial charge in [-0.15, -0.1) is 0 Å². The molecule has 9 nitrogen and oxygen atoms in total. The van der Waals surface area contributed by atoms with E-state index in [9.17, 15) is 19.2 Å². The number of primary amides is 1. The predicted molar refractivity (Wildman–Crippen MR) is 139 cm³/mol. The van der Waals surface area contributed by atoms with Crippen molar-refractivity contribution in [2.75, 3.05) is 17.6 Å². The van der Waals surface area contributed by atoms with Crippen molar-refractivity contribution in [3.63, 3.8) is 0 Å². The van der Waals surface area contributed by atoms with Crippen molar-refractivity contribution in [3.8, 4) is 11.8 Å². The normalized spacial score (nSPS) is 10.4. The number of carbonyl (C=O) groups is 1. The number of nitrogen functional groups attached to an aromatic ring is 1. The quantitative estimate of drug-likeness (QED) is 0.378. The van der Waals surface area contributed by atoms with E-state index in [1.165, 1.54) is 21.4 Å². The summed E-state index contributed by atoms with van der Waals surface area (Å²) in [6, 6.07) is 15.5. The lowest BCUT2D eigenvalue weighted by Crippen LogP contribution is -2.24. The Morgan fingerprint density at radius 2 is 1.86 bits per heavy atom.